The Bertz CT molecular complexity index is 2660. The quantitative estimate of drug-likeness (QED) is 0.0152. The van der Waals surface area contributed by atoms with Crippen molar-refractivity contribution in [2.45, 2.75) is 90.0 Å². The van der Waals surface area contributed by atoms with Gasteiger partial charge in [-0.2, -0.15) is 8.42 Å². The number of urea groups is 1. The van der Waals surface area contributed by atoms with Crippen molar-refractivity contribution in [2.24, 2.45) is 22.7 Å². The number of rotatable bonds is 31. The Morgan fingerprint density at radius 2 is 1.62 bits per heavy atom. The van der Waals surface area contributed by atoms with Gasteiger partial charge in [0.15, 0.2) is 17.6 Å². The van der Waals surface area contributed by atoms with Gasteiger partial charge in [-0.15, -0.1) is 6.42 Å². The van der Waals surface area contributed by atoms with Crippen LogP contribution in [0.25, 0.3) is 11.2 Å². The van der Waals surface area contributed by atoms with Gasteiger partial charge in [-0.25, -0.2) is 24.1 Å². The van der Waals surface area contributed by atoms with E-state index in [1.165, 1.54) is 24.1 Å². The first-order valence-electron chi connectivity index (χ1n) is 23.6. The van der Waals surface area contributed by atoms with Crippen LogP contribution in [0.4, 0.5) is 22.0 Å². The molecule has 1 aliphatic rings. The number of fused-ring (bicyclic) bond motifs is 1. The molecule has 1 aliphatic heterocycles. The van der Waals surface area contributed by atoms with Gasteiger partial charge in [0.25, 0.3) is 5.65 Å². The Morgan fingerprint density at radius 1 is 0.946 bits per heavy atom. The van der Waals surface area contributed by atoms with E-state index in [0.29, 0.717) is 66.6 Å². The first kappa shape index (κ1) is 60.1. The molecule has 0 unspecified atom stereocenters. The lowest BCUT2D eigenvalue weighted by molar-refractivity contribution is -0.668. The third-order valence-electron chi connectivity index (χ3n) is 11.5. The monoisotopic (exact) mass is 1050 g/mol. The third kappa shape index (κ3) is 18.8. The number of imidazole rings is 1. The van der Waals surface area contributed by atoms with Crippen LogP contribution in [0.2, 0.25) is 0 Å². The maximum atomic E-state index is 13.9. The summed E-state index contributed by atoms with van der Waals surface area (Å²) >= 11 is 0. The number of hydrogen-bond donors (Lipinski definition) is 8. The Morgan fingerprint density at radius 3 is 2.26 bits per heavy atom. The first-order valence-corrected chi connectivity index (χ1v) is 25.1. The van der Waals surface area contributed by atoms with Gasteiger partial charge in [-0.3, -0.25) is 23.4 Å². The topological polar surface area (TPSA) is 341 Å². The number of amides is 4. The Kier molecular flexibility index (Phi) is 23.9. The highest BCUT2D eigenvalue weighted by Gasteiger charge is 2.47. The molecular formula is C49H68N10O14S. The highest BCUT2D eigenvalue weighted by Crippen LogP contribution is 2.33. The Balaban J connectivity index is 0.0000119. The molecule has 0 saturated carbocycles. The number of nitrogens with zero attached hydrogens (tertiary/aromatic N) is 4. The van der Waals surface area contributed by atoms with E-state index in [2.05, 4.69) is 41.3 Å². The number of nitrogens with two attached hydrogens (primary N) is 2. The summed E-state index contributed by atoms with van der Waals surface area (Å²) in [6.45, 7) is 6.35. The van der Waals surface area contributed by atoms with Gasteiger partial charge in [-0.1, -0.05) is 43.0 Å². The molecule has 1 fully saturated rings. The number of ether oxygens (including phenoxy) is 4. The van der Waals surface area contributed by atoms with E-state index >= 15 is 0 Å². The van der Waals surface area contributed by atoms with Crippen molar-refractivity contribution in [3.63, 3.8) is 0 Å². The predicted molar refractivity (Wildman–Crippen MR) is 270 cm³/mol. The number of primary amides is 1. The van der Waals surface area contributed by atoms with Crippen LogP contribution < -0.4 is 36.7 Å². The lowest BCUT2D eigenvalue weighted by atomic mass is 9.89. The second kappa shape index (κ2) is 29.4. The average Bonchev–Trinajstić information content (AvgIpc) is 3.91. The number of ketones is 2. The van der Waals surface area contributed by atoms with Crippen LogP contribution in [0, 0.1) is 31.6 Å². The Hall–Kier alpha value is -6.47. The van der Waals surface area contributed by atoms with Gasteiger partial charge in [0.05, 0.1) is 58.8 Å². The van der Waals surface area contributed by atoms with Gasteiger partial charge in [0, 0.05) is 48.7 Å². The number of nitrogens with one attached hydrogen (secondary N) is 4. The summed E-state index contributed by atoms with van der Waals surface area (Å²) in [6, 6.07) is 12.3. The minimum Gasteiger partial charge on any atom is -0.387 e. The summed E-state index contributed by atoms with van der Waals surface area (Å²) < 4.78 is 53.0. The number of carbonyl (C=O) groups is 5. The molecule has 3 heterocycles. The maximum absolute atomic E-state index is 13.9. The smallest absolute Gasteiger partial charge is 0.333 e. The maximum Gasteiger partial charge on any atom is 0.333 e. The van der Waals surface area contributed by atoms with E-state index in [1.807, 2.05) is 0 Å². The Labute approximate surface area is 430 Å². The summed E-state index contributed by atoms with van der Waals surface area (Å²) in [6.07, 6.45) is 3.52. The molecule has 24 nitrogen and oxygen atoms in total. The number of aliphatic hydroxyl groups is 2. The summed E-state index contributed by atoms with van der Waals surface area (Å²) in [4.78, 5) is 72.2. The molecule has 74 heavy (non-hydrogen) atoms. The van der Waals surface area contributed by atoms with Crippen LogP contribution in [0.1, 0.15) is 70.2 Å². The number of aliphatic hydroxyl groups excluding tert-OH is 2. The number of aromatic nitrogens is 4. The fourth-order valence-electron chi connectivity index (χ4n) is 7.70. The van der Waals surface area contributed by atoms with E-state index in [-0.39, 0.29) is 77.1 Å². The number of terminal acetylenes is 1. The average molecular weight is 1050 g/mol. The minimum atomic E-state index is -4.39. The number of benzene rings is 2. The zero-order valence-electron chi connectivity index (χ0n) is 41.9. The van der Waals surface area contributed by atoms with Gasteiger partial charge in [-0.05, 0) is 61.6 Å². The third-order valence-corrected chi connectivity index (χ3v) is 11.9. The zero-order valence-corrected chi connectivity index (χ0v) is 42.8. The molecule has 4 amide bonds. The molecule has 404 valence electrons. The van der Waals surface area contributed by atoms with E-state index in [9.17, 15) is 42.6 Å². The molecule has 10 N–H and O–H groups in total. The van der Waals surface area contributed by atoms with E-state index in [1.54, 1.807) is 66.9 Å². The number of hydrogen-bond acceptors (Lipinski definition) is 17. The molecule has 25 heteroatoms. The van der Waals surface area contributed by atoms with Gasteiger partial charge < -0.3 is 63.6 Å². The minimum absolute atomic E-state index is 0. The zero-order chi connectivity index (χ0) is 53.1. The summed E-state index contributed by atoms with van der Waals surface area (Å²) in [7, 11) is -4.39. The van der Waals surface area contributed by atoms with Crippen LogP contribution in [0.5, 0.6) is 0 Å². The van der Waals surface area contributed by atoms with Crippen molar-refractivity contribution in [2.75, 3.05) is 63.4 Å². The van der Waals surface area contributed by atoms with Crippen LogP contribution in [0.3, 0.4) is 0 Å². The van der Waals surface area contributed by atoms with Gasteiger partial charge in [0.1, 0.15) is 24.1 Å². The number of Topliss-reactive ketones (excluding diaryl/α,β-unsaturated/α-hetero) is 2. The normalized spacial score (nSPS) is 17.2. The van der Waals surface area contributed by atoms with Gasteiger partial charge >= 0.3 is 16.3 Å². The van der Waals surface area contributed by atoms with Gasteiger partial charge in [0.2, 0.25) is 30.2 Å². The van der Waals surface area contributed by atoms with Crippen LogP contribution >= 0.6 is 0 Å². The second-order valence-corrected chi connectivity index (χ2v) is 18.8. The molecule has 0 aliphatic carbocycles. The van der Waals surface area contributed by atoms with Crippen molar-refractivity contribution >= 4 is 68.1 Å². The standard InChI is InChI=1S/C48H64N10O14S.CH3/c1-5-32-8-6-10-36(24-32)54-44-41-46(58(29-52-41)47-43(63)42(62)38(72-47)27-71-73(50,66)67)57(28-53-44)26-33-11-13-35(14-12-33)55-45(64)34(9-7-17-51-48(49)65)25-37(60)40(30(2)3)56-39(61)16-19-69-21-23-70-22-20-68-18-15-31(4)59;/h1,6,8,10-14,24,28-30,34,38,40,42-43,47,62-63H,7,9,15-23,25-27H2,2-4H3,(H7,49,50,51,55,56,61,64,65,66,67);1H3/q;-1/p+1/t34-,38-,40+,42-,43-,47-;/m1./s1. The molecule has 5 rings (SSSR count). The van der Waals surface area contributed by atoms with Crippen molar-refractivity contribution in [1.82, 2.24) is 25.2 Å². The fourth-order valence-corrected chi connectivity index (χ4v) is 8.03. The lowest BCUT2D eigenvalue weighted by Crippen LogP contribution is -2.45. The van der Waals surface area contributed by atoms with Crippen molar-refractivity contribution < 1.29 is 70.3 Å². The molecule has 1 saturated heterocycles. The first-order chi connectivity index (χ1) is 34.8. The molecule has 0 bridgehead atoms. The van der Waals surface area contributed by atoms with Crippen LogP contribution in [-0.2, 0) is 59.2 Å². The molecule has 0 spiro atoms. The van der Waals surface area contributed by atoms with Crippen molar-refractivity contribution in [3.8, 4) is 12.3 Å². The highest BCUT2D eigenvalue weighted by molar-refractivity contribution is 7.84. The SMILES string of the molecule is C#Cc1cccc(Nc2nc[n+](Cc3ccc(NC(=O)[C@H](CCCNC(N)=O)CC(=O)[C@@H](NC(=O)CCOCCOCCOCCC(C)=O)C(C)C)cc3)c3c2ncn3[C@@H]2O[C@H](COS(N)(=O)=O)[C@@H](O)[C@H]2O)c1.[CH3-]. The van der Waals surface area contributed by atoms with Crippen molar-refractivity contribution in [3.05, 3.63) is 79.7 Å². The molecule has 4 aromatic rings. The van der Waals surface area contributed by atoms with Crippen LogP contribution in [-0.4, -0.2) is 140 Å². The summed E-state index contributed by atoms with van der Waals surface area (Å²) in [5.41, 5.74) is 8.30. The highest BCUT2D eigenvalue weighted by atomic mass is 32.2. The second-order valence-electron chi connectivity index (χ2n) is 17.5. The fraction of sp³-hybridized carbons (Fsp3) is 0.490. The molecule has 0 radical (unpaired) electrons. The number of carbonyl (C=O) groups excluding carboxylic acids is 5. The molecule has 2 aromatic carbocycles. The molecular weight excluding hydrogens is 985 g/mol. The number of anilines is 3. The van der Waals surface area contributed by atoms with Crippen molar-refractivity contribution in [1.29, 1.82) is 0 Å². The largest absolute Gasteiger partial charge is 0.387 e. The summed E-state index contributed by atoms with van der Waals surface area (Å²) in [5, 5.41) is 38.4. The van der Waals surface area contributed by atoms with E-state index in [4.69, 9.17) is 36.2 Å². The molecule has 2 aromatic heterocycles. The lowest BCUT2D eigenvalue weighted by Gasteiger charge is -2.24. The van der Waals surface area contributed by atoms with E-state index in [0.717, 1.165) is 5.56 Å². The molecule has 6 atom stereocenters. The van der Waals surface area contributed by atoms with Crippen LogP contribution in [0.15, 0.2) is 61.2 Å². The van der Waals surface area contributed by atoms with E-state index < -0.39 is 71.3 Å². The predicted octanol–water partition coefficient (Wildman–Crippen LogP) is 1.30. The summed E-state index contributed by atoms with van der Waals surface area (Å²) in [5.74, 6) is 0.574.